The molecule has 0 radical (unpaired) electrons. The molecule has 84 valence electrons. The van der Waals surface area contributed by atoms with Crippen molar-refractivity contribution in [3.63, 3.8) is 0 Å². The van der Waals surface area contributed by atoms with E-state index in [1.807, 2.05) is 31.2 Å². The third-order valence-corrected chi connectivity index (χ3v) is 2.39. The number of nitrogens with zero attached hydrogens (tertiary/aromatic N) is 2. The third kappa shape index (κ3) is 2.36. The van der Waals surface area contributed by atoms with Gasteiger partial charge in [-0.3, -0.25) is 10.1 Å². The van der Waals surface area contributed by atoms with Crippen LogP contribution in [0.2, 0.25) is 0 Å². The number of ether oxygens (including phenoxy) is 1. The molecule has 5 heteroatoms. The van der Waals surface area contributed by atoms with Gasteiger partial charge in [0.25, 0.3) is 12.4 Å². The first kappa shape index (κ1) is 10.6. The average Bonchev–Trinajstić information content (AvgIpc) is 2.65. The smallest absolute Gasteiger partial charge is 0.277 e. The van der Waals surface area contributed by atoms with Crippen LogP contribution in [0.1, 0.15) is 17.2 Å². The summed E-state index contributed by atoms with van der Waals surface area (Å²) in [4.78, 5) is 13.9. The van der Waals surface area contributed by atoms with Gasteiger partial charge in [-0.1, -0.05) is 29.8 Å². The van der Waals surface area contributed by atoms with Crippen molar-refractivity contribution in [2.24, 2.45) is 4.99 Å². The van der Waals surface area contributed by atoms with Crippen LogP contribution in [0.5, 0.6) is 0 Å². The summed E-state index contributed by atoms with van der Waals surface area (Å²) in [5, 5.41) is 10.3. The number of hydrogen-bond acceptors (Lipinski definition) is 4. The summed E-state index contributed by atoms with van der Waals surface area (Å²) < 4.78 is 5.42. The van der Waals surface area contributed by atoms with Gasteiger partial charge in [0, 0.05) is 4.92 Å². The van der Waals surface area contributed by atoms with Crippen LogP contribution in [0.3, 0.4) is 0 Å². The van der Waals surface area contributed by atoms with Gasteiger partial charge in [0.05, 0.1) is 6.54 Å². The van der Waals surface area contributed by atoms with Crippen LogP contribution in [0.4, 0.5) is 0 Å². The van der Waals surface area contributed by atoms with Crippen LogP contribution in [0, 0.1) is 17.0 Å². The lowest BCUT2D eigenvalue weighted by molar-refractivity contribution is -0.465. The topological polar surface area (TPSA) is 64.7 Å². The Labute approximate surface area is 92.9 Å². The first-order valence-corrected chi connectivity index (χ1v) is 5.03. The molecule has 1 unspecified atom stereocenters. The van der Waals surface area contributed by atoms with Gasteiger partial charge in [0.1, 0.15) is 6.10 Å². The molecule has 0 aliphatic carbocycles. The highest BCUT2D eigenvalue weighted by Crippen LogP contribution is 2.23. The van der Waals surface area contributed by atoms with E-state index in [-0.39, 0.29) is 18.5 Å². The van der Waals surface area contributed by atoms with E-state index in [0.29, 0.717) is 6.54 Å². The molecule has 1 aromatic carbocycles. The van der Waals surface area contributed by atoms with E-state index in [4.69, 9.17) is 4.74 Å². The molecule has 0 aromatic heterocycles. The highest BCUT2D eigenvalue weighted by Gasteiger charge is 2.24. The fraction of sp³-hybridized carbons (Fsp3) is 0.364. The fourth-order valence-electron chi connectivity index (χ4n) is 1.67. The largest absolute Gasteiger partial charge is 0.466 e. The van der Waals surface area contributed by atoms with E-state index < -0.39 is 4.92 Å². The van der Waals surface area contributed by atoms with Crippen LogP contribution in [0.15, 0.2) is 29.3 Å². The Kier molecular flexibility index (Phi) is 2.85. The van der Waals surface area contributed by atoms with E-state index in [0.717, 1.165) is 11.1 Å². The first-order valence-electron chi connectivity index (χ1n) is 5.03. The fourth-order valence-corrected chi connectivity index (χ4v) is 1.67. The molecule has 5 nitrogen and oxygen atoms in total. The number of hydrogen-bond donors (Lipinski definition) is 0. The van der Waals surface area contributed by atoms with E-state index in [1.165, 1.54) is 0 Å². The van der Waals surface area contributed by atoms with Gasteiger partial charge >= 0.3 is 0 Å². The van der Waals surface area contributed by atoms with Crippen LogP contribution >= 0.6 is 0 Å². The summed E-state index contributed by atoms with van der Waals surface area (Å²) in [6, 6.07) is 7.90. The monoisotopic (exact) mass is 220 g/mol. The Hall–Kier alpha value is -1.91. The summed E-state index contributed by atoms with van der Waals surface area (Å²) in [5.74, 6) is 0.219. The zero-order valence-electron chi connectivity index (χ0n) is 8.92. The zero-order valence-corrected chi connectivity index (χ0v) is 8.92. The highest BCUT2D eigenvalue weighted by molar-refractivity contribution is 5.78. The number of benzene rings is 1. The van der Waals surface area contributed by atoms with Gasteiger partial charge < -0.3 is 4.74 Å². The number of nitro groups is 1. The molecule has 0 bridgehead atoms. The van der Waals surface area contributed by atoms with Crippen molar-refractivity contribution in [3.8, 4) is 0 Å². The molecule has 1 heterocycles. The molecule has 0 saturated heterocycles. The van der Waals surface area contributed by atoms with E-state index in [2.05, 4.69) is 4.99 Å². The third-order valence-electron chi connectivity index (χ3n) is 2.39. The Balaban J connectivity index is 2.03. The Morgan fingerprint density at radius 2 is 2.44 bits per heavy atom. The van der Waals surface area contributed by atoms with Gasteiger partial charge in [-0.2, -0.15) is 0 Å². The second-order valence-corrected chi connectivity index (χ2v) is 3.75. The summed E-state index contributed by atoms with van der Waals surface area (Å²) in [6.45, 7) is 2.13. The lowest BCUT2D eigenvalue weighted by Gasteiger charge is -2.10. The van der Waals surface area contributed by atoms with E-state index in [1.54, 1.807) is 0 Å². The minimum Gasteiger partial charge on any atom is -0.466 e. The van der Waals surface area contributed by atoms with Crippen molar-refractivity contribution in [2.45, 2.75) is 13.0 Å². The van der Waals surface area contributed by atoms with Gasteiger partial charge in [0.2, 0.25) is 0 Å². The Morgan fingerprint density at radius 3 is 3.12 bits per heavy atom. The molecule has 1 atom stereocenters. The van der Waals surface area contributed by atoms with Gasteiger partial charge in [-0.15, -0.1) is 0 Å². The lowest BCUT2D eigenvalue weighted by Crippen LogP contribution is -2.15. The van der Waals surface area contributed by atoms with Crippen LogP contribution in [-0.2, 0) is 4.74 Å². The van der Waals surface area contributed by atoms with Gasteiger partial charge in [-0.05, 0) is 12.5 Å². The van der Waals surface area contributed by atoms with Gasteiger partial charge in [-0.25, -0.2) is 4.99 Å². The SMILES string of the molecule is Cc1cccc(C2CN=C(C[N+](=O)[O-])O2)c1. The number of rotatable bonds is 3. The number of aryl methyl sites for hydroxylation is 1. The first-order chi connectivity index (χ1) is 7.65. The molecule has 1 aliphatic rings. The second kappa shape index (κ2) is 4.30. The van der Waals surface area contributed by atoms with Crippen molar-refractivity contribution in [3.05, 3.63) is 45.5 Å². The zero-order chi connectivity index (χ0) is 11.5. The van der Waals surface area contributed by atoms with E-state index in [9.17, 15) is 10.1 Å². The molecule has 0 amide bonds. The maximum Gasteiger partial charge on any atom is 0.277 e. The lowest BCUT2D eigenvalue weighted by atomic mass is 10.1. The van der Waals surface area contributed by atoms with Crippen LogP contribution in [-0.4, -0.2) is 23.9 Å². The minimum absolute atomic E-state index is 0.171. The maximum atomic E-state index is 10.3. The average molecular weight is 220 g/mol. The number of aliphatic imine (C=N–C) groups is 1. The molecule has 1 aliphatic heterocycles. The molecule has 0 saturated carbocycles. The van der Waals surface area contributed by atoms with Crippen molar-refractivity contribution in [1.82, 2.24) is 0 Å². The molecular formula is C11H12N2O3. The normalized spacial score (nSPS) is 19.1. The predicted octanol–water partition coefficient (Wildman–Crippen LogP) is 1.74. The van der Waals surface area contributed by atoms with Crippen molar-refractivity contribution >= 4 is 5.90 Å². The van der Waals surface area contributed by atoms with Crippen LogP contribution in [0.25, 0.3) is 0 Å². The molecular weight excluding hydrogens is 208 g/mol. The summed E-state index contributed by atoms with van der Waals surface area (Å²) >= 11 is 0. The molecule has 2 rings (SSSR count). The molecule has 0 fully saturated rings. The standard InChI is InChI=1S/C11H12N2O3/c1-8-3-2-4-9(5-8)10-6-12-11(16-10)7-13(14)15/h2-5,10H,6-7H2,1H3. The Bertz CT molecular complexity index is 443. The molecule has 16 heavy (non-hydrogen) atoms. The minimum atomic E-state index is -0.433. The van der Waals surface area contributed by atoms with Crippen molar-refractivity contribution < 1.29 is 9.66 Å². The molecule has 0 spiro atoms. The molecule has 1 aromatic rings. The summed E-state index contributed by atoms with van der Waals surface area (Å²) in [5.41, 5.74) is 2.16. The van der Waals surface area contributed by atoms with Crippen molar-refractivity contribution in [1.29, 1.82) is 0 Å². The quantitative estimate of drug-likeness (QED) is 0.575. The predicted molar refractivity (Wildman–Crippen MR) is 59.2 cm³/mol. The summed E-state index contributed by atoms with van der Waals surface area (Å²) in [7, 11) is 0. The highest BCUT2D eigenvalue weighted by atomic mass is 16.6. The second-order valence-electron chi connectivity index (χ2n) is 3.75. The molecule has 0 N–H and O–H groups in total. The maximum absolute atomic E-state index is 10.3. The Morgan fingerprint density at radius 1 is 1.62 bits per heavy atom. The van der Waals surface area contributed by atoms with Crippen molar-refractivity contribution in [2.75, 3.05) is 13.1 Å². The van der Waals surface area contributed by atoms with Crippen LogP contribution < -0.4 is 0 Å². The van der Waals surface area contributed by atoms with E-state index >= 15 is 0 Å². The van der Waals surface area contributed by atoms with Gasteiger partial charge in [0.15, 0.2) is 0 Å². The summed E-state index contributed by atoms with van der Waals surface area (Å²) in [6.07, 6.45) is -0.171.